The number of hydrogen-bond acceptors (Lipinski definition) is 4. The van der Waals surface area contributed by atoms with Gasteiger partial charge in [0.1, 0.15) is 17.6 Å². The van der Waals surface area contributed by atoms with Crippen molar-refractivity contribution in [1.29, 1.82) is 0 Å². The molecule has 3 atom stereocenters. The summed E-state index contributed by atoms with van der Waals surface area (Å²) < 4.78 is 16.2. The van der Waals surface area contributed by atoms with Gasteiger partial charge >= 0.3 is 0 Å². The fraction of sp³-hybridized carbons (Fsp3) is 0.538. The number of hydrogen-bond donors (Lipinski definition) is 1. The van der Waals surface area contributed by atoms with Crippen molar-refractivity contribution in [2.24, 2.45) is 0 Å². The first kappa shape index (κ1) is 12.2. The zero-order chi connectivity index (χ0) is 12.6. The molecule has 0 saturated heterocycles. The Morgan fingerprint density at radius 2 is 1.88 bits per heavy atom. The highest BCUT2D eigenvalue weighted by molar-refractivity contribution is 5.49. The van der Waals surface area contributed by atoms with E-state index in [1.807, 2.05) is 19.9 Å². The average molecular weight is 238 g/mol. The fourth-order valence-corrected chi connectivity index (χ4v) is 2.31. The van der Waals surface area contributed by atoms with Crippen LogP contribution in [0.5, 0.6) is 11.5 Å². The van der Waals surface area contributed by atoms with Gasteiger partial charge in [-0.3, -0.25) is 0 Å². The number of methoxy groups -OCH3 is 2. The van der Waals surface area contributed by atoms with E-state index in [9.17, 15) is 5.11 Å². The number of ether oxygens (including phenoxy) is 3. The third-order valence-electron chi connectivity index (χ3n) is 3.19. The largest absolute Gasteiger partial charge is 0.497 e. The molecule has 1 aromatic rings. The third kappa shape index (κ3) is 1.98. The van der Waals surface area contributed by atoms with Gasteiger partial charge in [0.15, 0.2) is 0 Å². The van der Waals surface area contributed by atoms with Gasteiger partial charge in [-0.1, -0.05) is 0 Å². The molecule has 0 spiro atoms. The molecule has 0 radical (unpaired) electrons. The second-order valence-corrected chi connectivity index (χ2v) is 4.26. The van der Waals surface area contributed by atoms with Crippen LogP contribution in [0, 0.1) is 0 Å². The van der Waals surface area contributed by atoms with Crippen molar-refractivity contribution in [2.75, 3.05) is 14.2 Å². The van der Waals surface area contributed by atoms with Gasteiger partial charge in [0.05, 0.1) is 26.4 Å². The Bertz CT molecular complexity index is 416. The maximum Gasteiger partial charge on any atom is 0.128 e. The van der Waals surface area contributed by atoms with Crippen LogP contribution in [0.3, 0.4) is 0 Å². The van der Waals surface area contributed by atoms with E-state index >= 15 is 0 Å². The van der Waals surface area contributed by atoms with Crippen LogP contribution in [0.15, 0.2) is 12.1 Å². The van der Waals surface area contributed by atoms with Gasteiger partial charge in [0.2, 0.25) is 0 Å². The SMILES string of the molecule is COc1cc(OC)c2c(c1)[C@@H](O)[C@@H](C)O[C@H]2C. The first-order chi connectivity index (χ1) is 8.08. The molecule has 0 aliphatic carbocycles. The highest BCUT2D eigenvalue weighted by Gasteiger charge is 2.32. The van der Waals surface area contributed by atoms with Gasteiger partial charge in [-0.2, -0.15) is 0 Å². The van der Waals surface area contributed by atoms with Crippen molar-refractivity contribution < 1.29 is 19.3 Å². The zero-order valence-corrected chi connectivity index (χ0v) is 10.6. The van der Waals surface area contributed by atoms with E-state index in [1.165, 1.54) is 0 Å². The Hall–Kier alpha value is -1.26. The third-order valence-corrected chi connectivity index (χ3v) is 3.19. The molecule has 0 saturated carbocycles. The van der Waals surface area contributed by atoms with Gasteiger partial charge in [0.25, 0.3) is 0 Å². The zero-order valence-electron chi connectivity index (χ0n) is 10.6. The Balaban J connectivity index is 2.59. The summed E-state index contributed by atoms with van der Waals surface area (Å²) in [4.78, 5) is 0. The summed E-state index contributed by atoms with van der Waals surface area (Å²) in [5.41, 5.74) is 1.73. The molecule has 4 nitrogen and oxygen atoms in total. The van der Waals surface area contributed by atoms with Crippen molar-refractivity contribution in [2.45, 2.75) is 32.2 Å². The molecular weight excluding hydrogens is 220 g/mol. The number of fused-ring (bicyclic) bond motifs is 1. The van der Waals surface area contributed by atoms with E-state index in [1.54, 1.807) is 20.3 Å². The first-order valence-electron chi connectivity index (χ1n) is 5.67. The lowest BCUT2D eigenvalue weighted by Gasteiger charge is -2.33. The van der Waals surface area contributed by atoms with Gasteiger partial charge in [0, 0.05) is 11.6 Å². The molecular formula is C13H18O4. The highest BCUT2D eigenvalue weighted by atomic mass is 16.5. The van der Waals surface area contributed by atoms with E-state index in [2.05, 4.69) is 0 Å². The van der Waals surface area contributed by atoms with Crippen LogP contribution in [0.25, 0.3) is 0 Å². The molecule has 17 heavy (non-hydrogen) atoms. The van der Waals surface area contributed by atoms with E-state index in [-0.39, 0.29) is 12.2 Å². The van der Waals surface area contributed by atoms with Crippen LogP contribution in [0.4, 0.5) is 0 Å². The Kier molecular flexibility index (Phi) is 3.26. The summed E-state index contributed by atoms with van der Waals surface area (Å²) in [6, 6.07) is 3.65. The Morgan fingerprint density at radius 3 is 2.47 bits per heavy atom. The lowest BCUT2D eigenvalue weighted by atomic mass is 9.92. The molecule has 1 heterocycles. The molecule has 2 rings (SSSR count). The highest BCUT2D eigenvalue weighted by Crippen LogP contribution is 2.43. The molecule has 4 heteroatoms. The van der Waals surface area contributed by atoms with Crippen LogP contribution >= 0.6 is 0 Å². The number of benzene rings is 1. The maximum absolute atomic E-state index is 10.2. The molecule has 0 unspecified atom stereocenters. The van der Waals surface area contributed by atoms with Crippen LogP contribution in [0.1, 0.15) is 37.2 Å². The number of aliphatic hydroxyl groups excluding tert-OH is 1. The molecule has 0 bridgehead atoms. The number of rotatable bonds is 2. The van der Waals surface area contributed by atoms with Crippen molar-refractivity contribution in [3.05, 3.63) is 23.3 Å². The molecule has 0 aromatic heterocycles. The van der Waals surface area contributed by atoms with E-state index in [0.717, 1.165) is 11.1 Å². The summed E-state index contributed by atoms with van der Waals surface area (Å²) in [6.07, 6.45) is -0.969. The van der Waals surface area contributed by atoms with Crippen molar-refractivity contribution in [3.63, 3.8) is 0 Å². The summed E-state index contributed by atoms with van der Waals surface area (Å²) >= 11 is 0. The Morgan fingerprint density at radius 1 is 1.18 bits per heavy atom. The van der Waals surface area contributed by atoms with Crippen molar-refractivity contribution >= 4 is 0 Å². The van der Waals surface area contributed by atoms with Crippen LogP contribution in [0.2, 0.25) is 0 Å². The molecule has 1 N–H and O–H groups in total. The second-order valence-electron chi connectivity index (χ2n) is 4.26. The quantitative estimate of drug-likeness (QED) is 0.858. The minimum absolute atomic E-state index is 0.0933. The van der Waals surface area contributed by atoms with Crippen LogP contribution in [-0.4, -0.2) is 25.4 Å². The molecule has 0 amide bonds. The summed E-state index contributed by atoms with van der Waals surface area (Å²) in [5, 5.41) is 10.2. The molecule has 0 fully saturated rings. The first-order valence-corrected chi connectivity index (χ1v) is 5.67. The van der Waals surface area contributed by atoms with Gasteiger partial charge < -0.3 is 19.3 Å². The van der Waals surface area contributed by atoms with Gasteiger partial charge in [-0.25, -0.2) is 0 Å². The fourth-order valence-electron chi connectivity index (χ4n) is 2.31. The number of aliphatic hydroxyl groups is 1. The summed E-state index contributed by atoms with van der Waals surface area (Å²) in [6.45, 7) is 3.81. The standard InChI is InChI=1S/C13H18O4/c1-7-12-10(13(14)8(2)17-7)5-9(15-3)6-11(12)16-4/h5-8,13-14H,1-4H3/t7-,8+,13-/m0/s1. The van der Waals surface area contributed by atoms with E-state index < -0.39 is 6.10 Å². The van der Waals surface area contributed by atoms with E-state index in [4.69, 9.17) is 14.2 Å². The van der Waals surface area contributed by atoms with E-state index in [0.29, 0.717) is 11.5 Å². The minimum Gasteiger partial charge on any atom is -0.497 e. The van der Waals surface area contributed by atoms with Gasteiger partial charge in [-0.05, 0) is 25.5 Å². The topological polar surface area (TPSA) is 47.9 Å². The van der Waals surface area contributed by atoms with Crippen LogP contribution < -0.4 is 9.47 Å². The maximum atomic E-state index is 10.2. The Labute approximate surface area is 101 Å². The summed E-state index contributed by atoms with van der Waals surface area (Å²) in [5.74, 6) is 1.37. The molecule has 1 aliphatic heterocycles. The summed E-state index contributed by atoms with van der Waals surface area (Å²) in [7, 11) is 3.20. The lowest BCUT2D eigenvalue weighted by Crippen LogP contribution is -2.27. The molecule has 1 aliphatic rings. The molecule has 94 valence electrons. The van der Waals surface area contributed by atoms with Crippen LogP contribution in [-0.2, 0) is 4.74 Å². The van der Waals surface area contributed by atoms with Crippen molar-refractivity contribution in [3.8, 4) is 11.5 Å². The second kappa shape index (κ2) is 4.55. The van der Waals surface area contributed by atoms with Crippen molar-refractivity contribution in [1.82, 2.24) is 0 Å². The lowest BCUT2D eigenvalue weighted by molar-refractivity contribution is -0.0817. The average Bonchev–Trinajstić information content (AvgIpc) is 2.34. The monoisotopic (exact) mass is 238 g/mol. The van der Waals surface area contributed by atoms with Gasteiger partial charge in [-0.15, -0.1) is 0 Å². The predicted octanol–water partition coefficient (Wildman–Crippen LogP) is 2.22. The molecule has 1 aromatic carbocycles. The minimum atomic E-state index is -0.648. The predicted molar refractivity (Wildman–Crippen MR) is 63.5 cm³/mol. The normalized spacial score (nSPS) is 27.5. The smallest absolute Gasteiger partial charge is 0.128 e.